The Bertz CT molecular complexity index is 645. The van der Waals surface area contributed by atoms with E-state index in [2.05, 4.69) is 9.97 Å². The van der Waals surface area contributed by atoms with Gasteiger partial charge in [0.15, 0.2) is 0 Å². The highest BCUT2D eigenvalue weighted by Crippen LogP contribution is 2.25. The molecule has 3 rings (SSSR count). The largest absolute Gasteiger partial charge is 0.459 e. The molecule has 1 unspecified atom stereocenters. The molecule has 0 aliphatic heterocycles. The van der Waals surface area contributed by atoms with Gasteiger partial charge in [0.1, 0.15) is 29.0 Å². The lowest BCUT2D eigenvalue weighted by atomic mass is 10.2. The van der Waals surface area contributed by atoms with Gasteiger partial charge in [0, 0.05) is 17.8 Å². The predicted molar refractivity (Wildman–Crippen MR) is 60.8 cm³/mol. The fourth-order valence-electron chi connectivity index (χ4n) is 1.77. The maximum absolute atomic E-state index is 13.0. The smallest absolute Gasteiger partial charge is 0.134 e. The maximum atomic E-state index is 13.0. The lowest BCUT2D eigenvalue weighted by Crippen LogP contribution is -2.12. The average molecular weight is 231 g/mol. The number of hydrogen-bond donors (Lipinski definition) is 2. The van der Waals surface area contributed by atoms with E-state index in [1.807, 2.05) is 0 Å². The monoisotopic (exact) mass is 231 g/mol. The molecule has 3 aromatic rings. The van der Waals surface area contributed by atoms with Crippen molar-refractivity contribution in [3.8, 4) is 0 Å². The van der Waals surface area contributed by atoms with Crippen molar-refractivity contribution < 1.29 is 8.81 Å². The first kappa shape index (κ1) is 10.0. The summed E-state index contributed by atoms with van der Waals surface area (Å²) in [6.45, 7) is 0. The topological polar surface area (TPSA) is 67.8 Å². The van der Waals surface area contributed by atoms with Gasteiger partial charge in [-0.25, -0.2) is 9.37 Å². The van der Waals surface area contributed by atoms with E-state index in [1.165, 1.54) is 12.1 Å². The van der Waals surface area contributed by atoms with Crippen molar-refractivity contribution in [2.75, 3.05) is 0 Å². The van der Waals surface area contributed by atoms with E-state index in [9.17, 15) is 4.39 Å². The first-order valence-corrected chi connectivity index (χ1v) is 5.18. The highest BCUT2D eigenvalue weighted by molar-refractivity contribution is 5.78. The van der Waals surface area contributed by atoms with Gasteiger partial charge in [-0.1, -0.05) is 0 Å². The van der Waals surface area contributed by atoms with Crippen LogP contribution in [-0.4, -0.2) is 9.97 Å². The fourth-order valence-corrected chi connectivity index (χ4v) is 1.77. The van der Waals surface area contributed by atoms with Gasteiger partial charge in [0.25, 0.3) is 0 Å². The quantitative estimate of drug-likeness (QED) is 0.711. The molecule has 0 fully saturated rings. The van der Waals surface area contributed by atoms with E-state index in [0.717, 1.165) is 0 Å². The molecule has 3 N–H and O–H groups in total. The Morgan fingerprint density at radius 2 is 2.24 bits per heavy atom. The molecule has 1 aromatic carbocycles. The molecule has 0 saturated heterocycles. The van der Waals surface area contributed by atoms with E-state index in [4.69, 9.17) is 10.2 Å². The molecular formula is C12H10FN3O. The first-order valence-electron chi connectivity index (χ1n) is 5.18. The number of rotatable bonds is 2. The Morgan fingerprint density at radius 1 is 1.35 bits per heavy atom. The SMILES string of the molecule is NC(c1ncc[nH]1)c1cc2cc(F)ccc2o1. The molecule has 0 aliphatic carbocycles. The second-order valence-electron chi connectivity index (χ2n) is 3.78. The third-order valence-electron chi connectivity index (χ3n) is 2.62. The third kappa shape index (κ3) is 1.70. The van der Waals surface area contributed by atoms with Crippen LogP contribution in [0.5, 0.6) is 0 Å². The Labute approximate surface area is 96.3 Å². The van der Waals surface area contributed by atoms with E-state index in [0.29, 0.717) is 22.6 Å². The summed E-state index contributed by atoms with van der Waals surface area (Å²) in [5.74, 6) is 0.876. The van der Waals surface area contributed by atoms with Crippen LogP contribution in [-0.2, 0) is 0 Å². The zero-order chi connectivity index (χ0) is 11.8. The van der Waals surface area contributed by atoms with Crippen molar-refractivity contribution in [1.29, 1.82) is 0 Å². The number of furan rings is 1. The van der Waals surface area contributed by atoms with Crippen LogP contribution < -0.4 is 5.73 Å². The first-order chi connectivity index (χ1) is 8.24. The summed E-state index contributed by atoms with van der Waals surface area (Å²) in [5.41, 5.74) is 6.60. The van der Waals surface area contributed by atoms with Crippen molar-refractivity contribution >= 4 is 11.0 Å². The Balaban J connectivity index is 2.06. The van der Waals surface area contributed by atoms with Gasteiger partial charge in [-0.05, 0) is 24.3 Å². The van der Waals surface area contributed by atoms with Crippen LogP contribution in [0.3, 0.4) is 0 Å². The molecule has 86 valence electrons. The van der Waals surface area contributed by atoms with Crippen LogP contribution in [0.15, 0.2) is 41.1 Å². The van der Waals surface area contributed by atoms with Crippen LogP contribution in [0.4, 0.5) is 4.39 Å². The normalized spacial score (nSPS) is 13.1. The molecule has 0 bridgehead atoms. The summed E-state index contributed by atoms with van der Waals surface area (Å²) in [6, 6.07) is 5.61. The van der Waals surface area contributed by atoms with E-state index >= 15 is 0 Å². The molecule has 17 heavy (non-hydrogen) atoms. The molecule has 2 aromatic heterocycles. The standard InChI is InChI=1S/C12H10FN3O/c13-8-1-2-9-7(5-8)6-10(17-9)11(14)12-15-3-4-16-12/h1-6,11H,14H2,(H,15,16). The Hall–Kier alpha value is -2.14. The molecule has 0 radical (unpaired) electrons. The van der Waals surface area contributed by atoms with Gasteiger partial charge in [-0.3, -0.25) is 0 Å². The number of fused-ring (bicyclic) bond motifs is 1. The number of imidazole rings is 1. The van der Waals surface area contributed by atoms with Crippen LogP contribution >= 0.6 is 0 Å². The van der Waals surface area contributed by atoms with Gasteiger partial charge in [-0.2, -0.15) is 0 Å². The van der Waals surface area contributed by atoms with Gasteiger partial charge in [0.2, 0.25) is 0 Å². The Morgan fingerprint density at radius 3 is 3.00 bits per heavy atom. The van der Waals surface area contributed by atoms with Gasteiger partial charge < -0.3 is 15.1 Å². The maximum Gasteiger partial charge on any atom is 0.134 e. The number of nitrogens with zero attached hydrogens (tertiary/aromatic N) is 1. The van der Waals surface area contributed by atoms with Gasteiger partial charge >= 0.3 is 0 Å². The number of nitrogens with two attached hydrogens (primary N) is 1. The summed E-state index contributed by atoms with van der Waals surface area (Å²) in [7, 11) is 0. The minimum Gasteiger partial charge on any atom is -0.459 e. The van der Waals surface area contributed by atoms with Crippen molar-refractivity contribution in [1.82, 2.24) is 9.97 Å². The number of halogens is 1. The molecule has 2 heterocycles. The highest BCUT2D eigenvalue weighted by atomic mass is 19.1. The van der Waals surface area contributed by atoms with E-state index in [-0.39, 0.29) is 5.82 Å². The third-order valence-corrected chi connectivity index (χ3v) is 2.62. The molecule has 0 amide bonds. The van der Waals surface area contributed by atoms with Crippen molar-refractivity contribution in [2.45, 2.75) is 6.04 Å². The highest BCUT2D eigenvalue weighted by Gasteiger charge is 2.16. The number of nitrogens with one attached hydrogen (secondary N) is 1. The fraction of sp³-hybridized carbons (Fsp3) is 0.0833. The number of H-pyrrole nitrogens is 1. The lowest BCUT2D eigenvalue weighted by molar-refractivity contribution is 0.516. The number of hydrogen-bond acceptors (Lipinski definition) is 3. The number of benzene rings is 1. The van der Waals surface area contributed by atoms with Crippen LogP contribution in [0, 0.1) is 5.82 Å². The van der Waals surface area contributed by atoms with Crippen molar-refractivity contribution in [3.05, 3.63) is 54.1 Å². The minimum absolute atomic E-state index is 0.295. The average Bonchev–Trinajstić information content (AvgIpc) is 2.96. The van der Waals surface area contributed by atoms with Crippen LogP contribution in [0.1, 0.15) is 17.6 Å². The van der Waals surface area contributed by atoms with Crippen molar-refractivity contribution in [3.63, 3.8) is 0 Å². The Kier molecular flexibility index (Phi) is 2.19. The minimum atomic E-state index is -0.472. The van der Waals surface area contributed by atoms with Gasteiger partial charge in [0.05, 0.1) is 0 Å². The summed E-state index contributed by atoms with van der Waals surface area (Å²) < 4.78 is 18.6. The summed E-state index contributed by atoms with van der Waals surface area (Å²) in [5, 5.41) is 0.696. The second-order valence-corrected chi connectivity index (χ2v) is 3.78. The molecule has 0 spiro atoms. The lowest BCUT2D eigenvalue weighted by Gasteiger charge is -2.03. The van der Waals surface area contributed by atoms with Crippen LogP contribution in [0.2, 0.25) is 0 Å². The summed E-state index contributed by atoms with van der Waals surface area (Å²) in [6.07, 6.45) is 3.31. The summed E-state index contributed by atoms with van der Waals surface area (Å²) in [4.78, 5) is 6.99. The molecule has 5 heteroatoms. The molecule has 0 aliphatic rings. The second kappa shape index (κ2) is 3.71. The van der Waals surface area contributed by atoms with Crippen LogP contribution in [0.25, 0.3) is 11.0 Å². The molecular weight excluding hydrogens is 221 g/mol. The number of aromatic nitrogens is 2. The molecule has 1 atom stereocenters. The zero-order valence-electron chi connectivity index (χ0n) is 8.85. The van der Waals surface area contributed by atoms with E-state index in [1.54, 1.807) is 24.5 Å². The van der Waals surface area contributed by atoms with Gasteiger partial charge in [-0.15, -0.1) is 0 Å². The number of aromatic amines is 1. The molecule has 0 saturated carbocycles. The predicted octanol–water partition coefficient (Wildman–Crippen LogP) is 2.34. The van der Waals surface area contributed by atoms with E-state index < -0.39 is 6.04 Å². The molecule has 4 nitrogen and oxygen atoms in total. The summed E-state index contributed by atoms with van der Waals surface area (Å²) >= 11 is 0. The van der Waals surface area contributed by atoms with Crippen molar-refractivity contribution in [2.24, 2.45) is 5.73 Å². The zero-order valence-corrected chi connectivity index (χ0v) is 8.85.